The van der Waals surface area contributed by atoms with Gasteiger partial charge >= 0.3 is 0 Å². The minimum Gasteiger partial charge on any atom is -0.393 e. The quantitative estimate of drug-likeness (QED) is 0.516. The first kappa shape index (κ1) is 14.4. The SMILES string of the molecule is Nc1cc(C(=O)Nc2c(F)cccc2F)ccc1[N+](=O)[O-]. The highest BCUT2D eigenvalue weighted by Gasteiger charge is 2.17. The molecule has 0 radical (unpaired) electrons. The first-order chi connectivity index (χ1) is 9.90. The van der Waals surface area contributed by atoms with Gasteiger partial charge in [0.15, 0.2) is 0 Å². The maximum absolute atomic E-state index is 13.4. The van der Waals surface area contributed by atoms with Gasteiger partial charge in [-0.25, -0.2) is 8.78 Å². The van der Waals surface area contributed by atoms with Crippen LogP contribution in [0.4, 0.5) is 25.8 Å². The number of benzene rings is 2. The molecule has 0 aliphatic carbocycles. The number of nitrogens with one attached hydrogen (secondary N) is 1. The lowest BCUT2D eigenvalue weighted by Gasteiger charge is -2.08. The molecule has 2 aromatic rings. The summed E-state index contributed by atoms with van der Waals surface area (Å²) in [5.74, 6) is -2.70. The summed E-state index contributed by atoms with van der Waals surface area (Å²) in [6.07, 6.45) is 0. The molecular weight excluding hydrogens is 284 g/mol. The molecule has 6 nitrogen and oxygen atoms in total. The number of nitro benzene ring substituents is 1. The van der Waals surface area contributed by atoms with Gasteiger partial charge in [-0.1, -0.05) is 6.07 Å². The number of amides is 1. The van der Waals surface area contributed by atoms with Gasteiger partial charge in [0.25, 0.3) is 11.6 Å². The van der Waals surface area contributed by atoms with E-state index >= 15 is 0 Å². The normalized spacial score (nSPS) is 10.2. The fourth-order valence-electron chi connectivity index (χ4n) is 1.66. The number of hydrogen-bond donors (Lipinski definition) is 2. The molecule has 0 saturated carbocycles. The van der Waals surface area contributed by atoms with E-state index in [0.717, 1.165) is 36.4 Å². The van der Waals surface area contributed by atoms with Crippen LogP contribution in [0.2, 0.25) is 0 Å². The number of hydrogen-bond acceptors (Lipinski definition) is 4. The average Bonchev–Trinajstić information content (AvgIpc) is 2.42. The Balaban J connectivity index is 2.29. The van der Waals surface area contributed by atoms with E-state index < -0.39 is 28.2 Å². The summed E-state index contributed by atoms with van der Waals surface area (Å²) >= 11 is 0. The Morgan fingerprint density at radius 2 is 1.81 bits per heavy atom. The molecule has 108 valence electrons. The molecule has 0 aromatic heterocycles. The zero-order valence-corrected chi connectivity index (χ0v) is 10.5. The number of anilines is 2. The zero-order chi connectivity index (χ0) is 15.6. The van der Waals surface area contributed by atoms with Crippen molar-refractivity contribution in [3.8, 4) is 0 Å². The summed E-state index contributed by atoms with van der Waals surface area (Å²) in [5.41, 5.74) is 4.21. The number of nitrogens with two attached hydrogens (primary N) is 1. The van der Waals surface area contributed by atoms with Crippen LogP contribution in [-0.2, 0) is 0 Å². The van der Waals surface area contributed by atoms with Gasteiger partial charge < -0.3 is 11.1 Å². The Morgan fingerprint density at radius 3 is 2.33 bits per heavy atom. The predicted molar refractivity (Wildman–Crippen MR) is 71.8 cm³/mol. The number of rotatable bonds is 3. The Morgan fingerprint density at radius 1 is 1.19 bits per heavy atom. The molecule has 21 heavy (non-hydrogen) atoms. The van der Waals surface area contributed by atoms with Gasteiger partial charge in [0.1, 0.15) is 23.0 Å². The zero-order valence-electron chi connectivity index (χ0n) is 10.5. The van der Waals surface area contributed by atoms with Gasteiger partial charge in [-0.3, -0.25) is 14.9 Å². The van der Waals surface area contributed by atoms with E-state index in [-0.39, 0.29) is 16.9 Å². The predicted octanol–water partition coefficient (Wildman–Crippen LogP) is 2.71. The summed E-state index contributed by atoms with van der Waals surface area (Å²) in [6, 6.07) is 6.38. The fourth-order valence-corrected chi connectivity index (χ4v) is 1.66. The van der Waals surface area contributed by atoms with Gasteiger partial charge in [-0.05, 0) is 24.3 Å². The van der Waals surface area contributed by atoms with Gasteiger partial charge in [-0.15, -0.1) is 0 Å². The van der Waals surface area contributed by atoms with Crippen molar-refractivity contribution in [3.05, 3.63) is 63.7 Å². The highest BCUT2D eigenvalue weighted by atomic mass is 19.1. The van der Waals surface area contributed by atoms with Crippen LogP contribution >= 0.6 is 0 Å². The summed E-state index contributed by atoms with van der Waals surface area (Å²) in [7, 11) is 0. The number of nitro groups is 1. The van der Waals surface area contributed by atoms with Crippen molar-refractivity contribution in [2.24, 2.45) is 0 Å². The molecule has 0 heterocycles. The van der Waals surface area contributed by atoms with E-state index in [2.05, 4.69) is 5.32 Å². The molecule has 0 bridgehead atoms. The van der Waals surface area contributed by atoms with Crippen LogP contribution in [0.5, 0.6) is 0 Å². The van der Waals surface area contributed by atoms with Crippen molar-refractivity contribution in [2.45, 2.75) is 0 Å². The van der Waals surface area contributed by atoms with Crippen LogP contribution in [0, 0.1) is 21.7 Å². The van der Waals surface area contributed by atoms with Crippen LogP contribution in [-0.4, -0.2) is 10.8 Å². The van der Waals surface area contributed by atoms with Crippen molar-refractivity contribution in [2.75, 3.05) is 11.1 Å². The number of carbonyl (C=O) groups is 1. The Kier molecular flexibility index (Phi) is 3.79. The second kappa shape index (κ2) is 5.53. The largest absolute Gasteiger partial charge is 0.393 e. The minimum absolute atomic E-state index is 0.0549. The third kappa shape index (κ3) is 2.94. The second-order valence-corrected chi connectivity index (χ2v) is 4.08. The second-order valence-electron chi connectivity index (χ2n) is 4.08. The lowest BCUT2D eigenvalue weighted by Crippen LogP contribution is -2.14. The first-order valence-corrected chi connectivity index (χ1v) is 5.69. The van der Waals surface area contributed by atoms with Crippen molar-refractivity contribution in [1.82, 2.24) is 0 Å². The van der Waals surface area contributed by atoms with E-state index in [1.165, 1.54) is 0 Å². The fraction of sp³-hybridized carbons (Fsp3) is 0. The molecule has 0 saturated heterocycles. The van der Waals surface area contributed by atoms with Crippen molar-refractivity contribution >= 4 is 23.0 Å². The van der Waals surface area contributed by atoms with Gasteiger partial charge in [0.2, 0.25) is 0 Å². The van der Waals surface area contributed by atoms with Crippen molar-refractivity contribution in [3.63, 3.8) is 0 Å². The molecule has 0 fully saturated rings. The highest BCUT2D eigenvalue weighted by Crippen LogP contribution is 2.24. The van der Waals surface area contributed by atoms with Crippen LogP contribution in [0.25, 0.3) is 0 Å². The molecule has 2 rings (SSSR count). The molecule has 0 aliphatic rings. The molecule has 0 spiro atoms. The minimum atomic E-state index is -0.932. The molecule has 3 N–H and O–H groups in total. The standard InChI is InChI=1S/C13H9F2N3O3/c14-8-2-1-3-9(15)12(8)17-13(19)7-4-5-11(18(20)21)10(16)6-7/h1-6H,16H2,(H,17,19). The maximum Gasteiger partial charge on any atom is 0.292 e. The number of nitrogen functional groups attached to an aromatic ring is 1. The molecule has 1 amide bonds. The highest BCUT2D eigenvalue weighted by molar-refractivity contribution is 6.05. The number of para-hydroxylation sites is 1. The Hall–Kier alpha value is -3.03. The van der Waals surface area contributed by atoms with Gasteiger partial charge in [0.05, 0.1) is 4.92 Å². The maximum atomic E-state index is 13.4. The van der Waals surface area contributed by atoms with E-state index in [1.807, 2.05) is 0 Å². The van der Waals surface area contributed by atoms with Gasteiger partial charge in [0, 0.05) is 11.6 Å². The van der Waals surface area contributed by atoms with E-state index in [0.29, 0.717) is 0 Å². The Bertz CT molecular complexity index is 714. The van der Waals surface area contributed by atoms with Crippen LogP contribution < -0.4 is 11.1 Å². The third-order valence-electron chi connectivity index (χ3n) is 2.69. The number of nitrogens with zero attached hydrogens (tertiary/aromatic N) is 1. The molecule has 0 aliphatic heterocycles. The molecule has 0 unspecified atom stereocenters. The molecular formula is C13H9F2N3O3. The summed E-state index contributed by atoms with van der Waals surface area (Å²) < 4.78 is 26.8. The Labute approximate surface area is 117 Å². The van der Waals surface area contributed by atoms with Crippen molar-refractivity contribution < 1.29 is 18.5 Å². The van der Waals surface area contributed by atoms with Crippen LogP contribution in [0.15, 0.2) is 36.4 Å². The monoisotopic (exact) mass is 293 g/mol. The summed E-state index contributed by atoms with van der Waals surface area (Å²) in [6.45, 7) is 0. The molecule has 8 heteroatoms. The smallest absolute Gasteiger partial charge is 0.292 e. The molecule has 2 aromatic carbocycles. The lowest BCUT2D eigenvalue weighted by atomic mass is 10.1. The van der Waals surface area contributed by atoms with Crippen LogP contribution in [0.1, 0.15) is 10.4 Å². The van der Waals surface area contributed by atoms with Crippen LogP contribution in [0.3, 0.4) is 0 Å². The third-order valence-corrected chi connectivity index (χ3v) is 2.69. The van der Waals surface area contributed by atoms with E-state index in [9.17, 15) is 23.7 Å². The topological polar surface area (TPSA) is 98.3 Å². The van der Waals surface area contributed by atoms with Crippen molar-refractivity contribution in [1.29, 1.82) is 0 Å². The summed E-state index contributed by atoms with van der Waals surface area (Å²) in [4.78, 5) is 21.8. The van der Waals surface area contributed by atoms with E-state index in [1.54, 1.807) is 0 Å². The van der Waals surface area contributed by atoms with E-state index in [4.69, 9.17) is 5.73 Å². The molecule has 0 atom stereocenters. The average molecular weight is 293 g/mol. The van der Waals surface area contributed by atoms with Gasteiger partial charge in [-0.2, -0.15) is 0 Å². The lowest BCUT2D eigenvalue weighted by molar-refractivity contribution is -0.383. The number of carbonyl (C=O) groups excluding carboxylic acids is 1. The first-order valence-electron chi connectivity index (χ1n) is 5.69. The number of halogens is 2. The summed E-state index contributed by atoms with van der Waals surface area (Å²) in [5, 5.41) is 12.7.